The zero-order valence-electron chi connectivity index (χ0n) is 24.6. The molecule has 0 bridgehead atoms. The number of anilines is 1. The van der Waals surface area contributed by atoms with Gasteiger partial charge in [0, 0.05) is 19.5 Å². The summed E-state index contributed by atoms with van der Waals surface area (Å²) in [6.45, 7) is 3.84. The lowest BCUT2D eigenvalue weighted by molar-refractivity contribution is -0.140. The van der Waals surface area contributed by atoms with Gasteiger partial charge >= 0.3 is 0 Å². The molecule has 0 saturated heterocycles. The summed E-state index contributed by atoms with van der Waals surface area (Å²) in [6.07, 6.45) is 1.33. The molecular weight excluding hydrogens is 562 g/mol. The van der Waals surface area contributed by atoms with Crippen molar-refractivity contribution in [3.8, 4) is 11.5 Å². The van der Waals surface area contributed by atoms with E-state index in [4.69, 9.17) is 4.74 Å². The normalized spacial score (nSPS) is 11.8. The molecule has 0 fully saturated rings. The molecule has 224 valence electrons. The van der Waals surface area contributed by atoms with Crippen molar-refractivity contribution < 1.29 is 22.7 Å². The smallest absolute Gasteiger partial charge is 0.244 e. The molecule has 1 N–H and O–H groups in total. The predicted molar refractivity (Wildman–Crippen MR) is 169 cm³/mol. The topological polar surface area (TPSA) is 96.0 Å². The summed E-state index contributed by atoms with van der Waals surface area (Å²) in [5, 5.41) is 2.86. The highest BCUT2D eigenvalue weighted by molar-refractivity contribution is 7.92. The number of carbonyl (C=O) groups is 2. The molecule has 0 aromatic heterocycles. The van der Waals surface area contributed by atoms with Crippen LogP contribution in [0.5, 0.6) is 11.5 Å². The molecular formula is C34H37N3O5S. The maximum absolute atomic E-state index is 14.1. The first-order valence-corrected chi connectivity index (χ1v) is 16.0. The quantitative estimate of drug-likeness (QED) is 0.224. The Labute approximate surface area is 254 Å². The number of para-hydroxylation sites is 1. The van der Waals surface area contributed by atoms with Crippen LogP contribution in [-0.4, -0.2) is 50.5 Å². The van der Waals surface area contributed by atoms with Gasteiger partial charge in [-0.05, 0) is 61.4 Å². The van der Waals surface area contributed by atoms with E-state index in [0.29, 0.717) is 23.7 Å². The maximum Gasteiger partial charge on any atom is 0.244 e. The molecule has 1 atom stereocenters. The first-order valence-electron chi connectivity index (χ1n) is 14.1. The average Bonchev–Trinajstić information content (AvgIpc) is 2.99. The van der Waals surface area contributed by atoms with Crippen LogP contribution in [0.25, 0.3) is 0 Å². The third-order valence-corrected chi connectivity index (χ3v) is 8.02. The fourth-order valence-electron chi connectivity index (χ4n) is 4.65. The second-order valence-electron chi connectivity index (χ2n) is 10.3. The van der Waals surface area contributed by atoms with Crippen LogP contribution in [0.3, 0.4) is 0 Å². The fraction of sp³-hybridized carbons (Fsp3) is 0.235. The number of nitrogens with zero attached hydrogens (tertiary/aromatic N) is 2. The minimum atomic E-state index is -3.87. The van der Waals surface area contributed by atoms with Gasteiger partial charge in [-0.1, -0.05) is 78.4 Å². The number of amides is 2. The lowest BCUT2D eigenvalue weighted by atomic mass is 10.0. The van der Waals surface area contributed by atoms with Gasteiger partial charge in [0.05, 0.1) is 11.9 Å². The Morgan fingerprint density at radius 1 is 0.791 bits per heavy atom. The number of nitrogens with one attached hydrogen (secondary N) is 1. The van der Waals surface area contributed by atoms with E-state index in [9.17, 15) is 18.0 Å². The molecule has 4 rings (SSSR count). The first kappa shape index (κ1) is 31.3. The van der Waals surface area contributed by atoms with E-state index in [1.54, 1.807) is 24.3 Å². The third-order valence-electron chi connectivity index (χ3n) is 6.88. The van der Waals surface area contributed by atoms with Crippen molar-refractivity contribution in [2.45, 2.75) is 32.9 Å². The summed E-state index contributed by atoms with van der Waals surface area (Å²) in [5.41, 5.74) is 3.09. The Balaban J connectivity index is 1.65. The SMILES string of the molecule is CCNC(=O)[C@@H](Cc1ccccc1)N(Cc1ccc(C)cc1)C(=O)CN(c1ccc(Oc2ccccc2)cc1)S(C)(=O)=O. The molecule has 0 aliphatic rings. The van der Waals surface area contributed by atoms with Crippen LogP contribution in [0.4, 0.5) is 5.69 Å². The molecule has 43 heavy (non-hydrogen) atoms. The van der Waals surface area contributed by atoms with Crippen molar-refractivity contribution >= 4 is 27.5 Å². The summed E-state index contributed by atoms with van der Waals surface area (Å²) in [5.74, 6) is 0.366. The van der Waals surface area contributed by atoms with Gasteiger partial charge in [-0.15, -0.1) is 0 Å². The van der Waals surface area contributed by atoms with Gasteiger partial charge in [-0.3, -0.25) is 13.9 Å². The van der Waals surface area contributed by atoms with E-state index in [0.717, 1.165) is 27.3 Å². The van der Waals surface area contributed by atoms with Crippen LogP contribution < -0.4 is 14.4 Å². The second kappa shape index (κ2) is 14.5. The van der Waals surface area contributed by atoms with Gasteiger partial charge < -0.3 is 15.0 Å². The van der Waals surface area contributed by atoms with Crippen LogP contribution in [0.2, 0.25) is 0 Å². The number of benzene rings is 4. The molecule has 0 heterocycles. The van der Waals surface area contributed by atoms with Gasteiger partial charge in [-0.25, -0.2) is 8.42 Å². The zero-order valence-corrected chi connectivity index (χ0v) is 25.5. The number of sulfonamides is 1. The van der Waals surface area contributed by atoms with Crippen molar-refractivity contribution in [2.75, 3.05) is 23.7 Å². The summed E-state index contributed by atoms with van der Waals surface area (Å²) in [7, 11) is -3.87. The minimum Gasteiger partial charge on any atom is -0.457 e. The molecule has 0 unspecified atom stereocenters. The average molecular weight is 600 g/mol. The molecule has 2 amide bonds. The summed E-state index contributed by atoms with van der Waals surface area (Å²) in [6, 6.07) is 32.0. The third kappa shape index (κ3) is 8.93. The van der Waals surface area contributed by atoms with E-state index in [1.807, 2.05) is 98.8 Å². The molecule has 4 aromatic rings. The van der Waals surface area contributed by atoms with E-state index in [2.05, 4.69) is 5.32 Å². The number of ether oxygens (including phenoxy) is 1. The number of aryl methyl sites for hydroxylation is 1. The number of hydrogen-bond donors (Lipinski definition) is 1. The molecule has 0 aliphatic heterocycles. The van der Waals surface area contributed by atoms with Crippen LogP contribution in [0.1, 0.15) is 23.6 Å². The molecule has 0 radical (unpaired) electrons. The van der Waals surface area contributed by atoms with Gasteiger partial charge in [0.2, 0.25) is 21.8 Å². The van der Waals surface area contributed by atoms with Crippen molar-refractivity contribution in [3.05, 3.63) is 126 Å². The van der Waals surface area contributed by atoms with E-state index in [-0.39, 0.29) is 18.9 Å². The van der Waals surface area contributed by atoms with Crippen molar-refractivity contribution in [1.82, 2.24) is 10.2 Å². The summed E-state index contributed by atoms with van der Waals surface area (Å²) < 4.78 is 32.9. The first-order chi connectivity index (χ1) is 20.6. The highest BCUT2D eigenvalue weighted by Gasteiger charge is 2.32. The van der Waals surface area contributed by atoms with E-state index in [1.165, 1.54) is 4.90 Å². The standard InChI is InChI=1S/C34H37N3O5S/c1-4-35-34(39)32(23-27-11-7-5-8-12-27)36(24-28-17-15-26(2)16-18-28)33(38)25-37(43(3,40)41)29-19-21-31(22-20-29)42-30-13-9-6-10-14-30/h5-22,32H,4,23-25H2,1-3H3,(H,35,39)/t32-/m1/s1. The van der Waals surface area contributed by atoms with E-state index >= 15 is 0 Å². The number of likely N-dealkylation sites (N-methyl/N-ethyl adjacent to an activating group) is 1. The van der Waals surface area contributed by atoms with Crippen LogP contribution >= 0.6 is 0 Å². The monoisotopic (exact) mass is 599 g/mol. The van der Waals surface area contributed by atoms with E-state index < -0.39 is 28.5 Å². The number of carbonyl (C=O) groups excluding carboxylic acids is 2. The van der Waals surface area contributed by atoms with Crippen molar-refractivity contribution in [2.24, 2.45) is 0 Å². The highest BCUT2D eigenvalue weighted by Crippen LogP contribution is 2.26. The van der Waals surface area contributed by atoms with Gasteiger partial charge in [0.25, 0.3) is 0 Å². The Morgan fingerprint density at radius 2 is 1.37 bits per heavy atom. The van der Waals surface area contributed by atoms with Crippen molar-refractivity contribution in [1.29, 1.82) is 0 Å². The number of rotatable bonds is 13. The second-order valence-corrected chi connectivity index (χ2v) is 12.2. The van der Waals surface area contributed by atoms with Crippen LogP contribution in [0.15, 0.2) is 109 Å². The van der Waals surface area contributed by atoms with Gasteiger partial charge in [0.1, 0.15) is 24.1 Å². The molecule has 9 heteroatoms. The van der Waals surface area contributed by atoms with Crippen LogP contribution in [0, 0.1) is 6.92 Å². The lowest BCUT2D eigenvalue weighted by Gasteiger charge is -2.33. The molecule has 0 aliphatic carbocycles. The Bertz CT molecular complexity index is 1590. The lowest BCUT2D eigenvalue weighted by Crippen LogP contribution is -2.53. The Hall–Kier alpha value is -4.63. The predicted octanol–water partition coefficient (Wildman–Crippen LogP) is 5.33. The maximum atomic E-state index is 14.1. The van der Waals surface area contributed by atoms with Crippen LogP contribution in [-0.2, 0) is 32.6 Å². The van der Waals surface area contributed by atoms with Crippen molar-refractivity contribution in [3.63, 3.8) is 0 Å². The Morgan fingerprint density at radius 3 is 1.95 bits per heavy atom. The largest absolute Gasteiger partial charge is 0.457 e. The van der Waals surface area contributed by atoms with Gasteiger partial charge in [0.15, 0.2) is 0 Å². The highest BCUT2D eigenvalue weighted by atomic mass is 32.2. The minimum absolute atomic E-state index is 0.134. The zero-order chi connectivity index (χ0) is 30.8. The number of hydrogen-bond acceptors (Lipinski definition) is 5. The molecule has 8 nitrogen and oxygen atoms in total. The molecule has 4 aromatic carbocycles. The van der Waals surface area contributed by atoms with Gasteiger partial charge in [-0.2, -0.15) is 0 Å². The summed E-state index contributed by atoms with van der Waals surface area (Å²) >= 11 is 0. The summed E-state index contributed by atoms with van der Waals surface area (Å²) in [4.78, 5) is 29.0. The Kier molecular flexibility index (Phi) is 10.6. The molecule has 0 saturated carbocycles. The molecule has 0 spiro atoms. The fourth-order valence-corrected chi connectivity index (χ4v) is 5.50.